The zero-order chi connectivity index (χ0) is 13.0. The van der Waals surface area contributed by atoms with E-state index < -0.39 is 0 Å². The number of nitrogens with zero attached hydrogens (tertiary/aromatic N) is 3. The summed E-state index contributed by atoms with van der Waals surface area (Å²) in [6.45, 7) is 5.03. The molecule has 2 heterocycles. The molecule has 0 aliphatic heterocycles. The molecule has 1 N–H and O–H groups in total. The van der Waals surface area contributed by atoms with Crippen LogP contribution in [-0.4, -0.2) is 21.9 Å². The minimum atomic E-state index is 0.156. The van der Waals surface area contributed by atoms with E-state index in [1.54, 1.807) is 13.3 Å². The molecule has 2 aromatic rings. The lowest BCUT2D eigenvalue weighted by atomic mass is 10.2. The molecule has 0 fully saturated rings. The Morgan fingerprint density at radius 2 is 2.33 bits per heavy atom. The number of nitrogens with one attached hydrogen (secondary N) is 1. The molecule has 0 bridgehead atoms. The van der Waals surface area contributed by atoms with Crippen LogP contribution in [0.25, 0.3) is 0 Å². The smallest absolute Gasteiger partial charge is 0.237 e. The molecular weight excluding hydrogens is 228 g/mol. The fourth-order valence-electron chi connectivity index (χ4n) is 1.76. The van der Waals surface area contributed by atoms with Crippen LogP contribution in [0.2, 0.25) is 0 Å². The van der Waals surface area contributed by atoms with Crippen LogP contribution in [0.5, 0.6) is 5.88 Å². The van der Waals surface area contributed by atoms with Crippen LogP contribution in [0.4, 0.5) is 5.69 Å². The third-order valence-corrected chi connectivity index (χ3v) is 2.81. The minimum Gasteiger partial charge on any atom is -0.480 e. The topological polar surface area (TPSA) is 52.0 Å². The molecule has 0 aromatic carbocycles. The van der Waals surface area contributed by atoms with E-state index in [0.29, 0.717) is 5.88 Å². The van der Waals surface area contributed by atoms with Crippen molar-refractivity contribution < 1.29 is 4.74 Å². The molecule has 0 amide bonds. The van der Waals surface area contributed by atoms with Gasteiger partial charge in [-0.25, -0.2) is 4.98 Å². The minimum absolute atomic E-state index is 0.156. The van der Waals surface area contributed by atoms with Gasteiger partial charge in [0.1, 0.15) is 0 Å². The second-order valence-corrected chi connectivity index (χ2v) is 4.06. The number of aromatic nitrogens is 3. The Bertz CT molecular complexity index is 509. The van der Waals surface area contributed by atoms with Gasteiger partial charge in [0.15, 0.2) is 0 Å². The summed E-state index contributed by atoms with van der Waals surface area (Å²) in [6.07, 6.45) is 5.63. The van der Waals surface area contributed by atoms with Crippen molar-refractivity contribution in [1.82, 2.24) is 14.8 Å². The summed E-state index contributed by atoms with van der Waals surface area (Å²) >= 11 is 0. The molecule has 0 spiro atoms. The summed E-state index contributed by atoms with van der Waals surface area (Å²) in [5.74, 6) is 0.604. The fourth-order valence-corrected chi connectivity index (χ4v) is 1.76. The molecular formula is C13H18N4O. The summed E-state index contributed by atoms with van der Waals surface area (Å²) in [7, 11) is 1.62. The van der Waals surface area contributed by atoms with Gasteiger partial charge in [-0.3, -0.25) is 4.68 Å². The Morgan fingerprint density at radius 1 is 1.50 bits per heavy atom. The Kier molecular flexibility index (Phi) is 3.82. The molecule has 0 saturated carbocycles. The molecule has 1 unspecified atom stereocenters. The van der Waals surface area contributed by atoms with Crippen molar-refractivity contribution in [3.8, 4) is 5.88 Å². The molecule has 96 valence electrons. The maximum Gasteiger partial charge on any atom is 0.237 e. The van der Waals surface area contributed by atoms with Gasteiger partial charge < -0.3 is 10.1 Å². The highest BCUT2D eigenvalue weighted by Crippen LogP contribution is 2.25. The predicted octanol–water partition coefficient (Wildman–Crippen LogP) is 2.48. The van der Waals surface area contributed by atoms with E-state index in [9.17, 15) is 0 Å². The lowest BCUT2D eigenvalue weighted by Gasteiger charge is -2.15. The molecule has 2 aromatic heterocycles. The van der Waals surface area contributed by atoms with Gasteiger partial charge in [0, 0.05) is 24.5 Å². The van der Waals surface area contributed by atoms with Gasteiger partial charge >= 0.3 is 0 Å². The van der Waals surface area contributed by atoms with Gasteiger partial charge in [-0.1, -0.05) is 0 Å². The Hall–Kier alpha value is -2.04. The number of hydrogen-bond acceptors (Lipinski definition) is 4. The van der Waals surface area contributed by atoms with Crippen molar-refractivity contribution >= 4 is 5.69 Å². The third kappa shape index (κ3) is 2.61. The van der Waals surface area contributed by atoms with E-state index in [2.05, 4.69) is 29.2 Å². The Labute approximate surface area is 107 Å². The van der Waals surface area contributed by atoms with Crippen LogP contribution in [0, 0.1) is 0 Å². The summed E-state index contributed by atoms with van der Waals surface area (Å²) in [6, 6.07) is 3.99. The van der Waals surface area contributed by atoms with Gasteiger partial charge in [-0.2, -0.15) is 5.10 Å². The van der Waals surface area contributed by atoms with Crippen LogP contribution in [-0.2, 0) is 6.54 Å². The van der Waals surface area contributed by atoms with Crippen molar-refractivity contribution in [3.63, 3.8) is 0 Å². The number of anilines is 1. The highest BCUT2D eigenvalue weighted by atomic mass is 16.5. The van der Waals surface area contributed by atoms with E-state index in [1.807, 2.05) is 29.2 Å². The van der Waals surface area contributed by atoms with Crippen LogP contribution >= 0.6 is 0 Å². The monoisotopic (exact) mass is 246 g/mol. The molecule has 0 aliphatic carbocycles. The number of rotatable bonds is 5. The van der Waals surface area contributed by atoms with Crippen molar-refractivity contribution in [3.05, 3.63) is 36.3 Å². The fraction of sp³-hybridized carbons (Fsp3) is 0.385. The first-order valence-electron chi connectivity index (χ1n) is 6.02. The number of ether oxygens (including phenoxy) is 1. The number of methoxy groups -OCH3 is 1. The van der Waals surface area contributed by atoms with E-state index in [-0.39, 0.29) is 6.04 Å². The van der Waals surface area contributed by atoms with Gasteiger partial charge in [0.25, 0.3) is 0 Å². The van der Waals surface area contributed by atoms with E-state index in [0.717, 1.165) is 17.8 Å². The van der Waals surface area contributed by atoms with Crippen molar-refractivity contribution in [2.45, 2.75) is 26.4 Å². The van der Waals surface area contributed by atoms with Crippen molar-refractivity contribution in [2.24, 2.45) is 0 Å². The van der Waals surface area contributed by atoms with Crippen molar-refractivity contribution in [2.75, 3.05) is 12.4 Å². The largest absolute Gasteiger partial charge is 0.480 e. The van der Waals surface area contributed by atoms with Crippen LogP contribution in [0.3, 0.4) is 0 Å². The standard InChI is InChI=1S/C13H18N4O/c1-4-17-9-11(8-15-17)10(2)16-12-6-5-7-14-13(12)18-3/h5-10,16H,4H2,1-3H3. The van der Waals surface area contributed by atoms with Gasteiger partial charge in [0.2, 0.25) is 5.88 Å². The lowest BCUT2D eigenvalue weighted by Crippen LogP contribution is -2.07. The first kappa shape index (κ1) is 12.4. The number of pyridine rings is 1. The van der Waals surface area contributed by atoms with Crippen LogP contribution in [0.15, 0.2) is 30.7 Å². The van der Waals surface area contributed by atoms with Gasteiger partial charge in [0.05, 0.1) is 25.0 Å². The molecule has 2 rings (SSSR count). The Balaban J connectivity index is 2.13. The average Bonchev–Trinajstić information content (AvgIpc) is 2.88. The van der Waals surface area contributed by atoms with Crippen LogP contribution < -0.4 is 10.1 Å². The average molecular weight is 246 g/mol. The zero-order valence-corrected chi connectivity index (χ0v) is 10.9. The number of aryl methyl sites for hydroxylation is 1. The summed E-state index contributed by atoms with van der Waals surface area (Å²) in [4.78, 5) is 4.16. The Morgan fingerprint density at radius 3 is 3.00 bits per heavy atom. The molecule has 5 heteroatoms. The SMILES string of the molecule is CCn1cc(C(C)Nc2cccnc2OC)cn1. The van der Waals surface area contributed by atoms with Crippen molar-refractivity contribution in [1.29, 1.82) is 0 Å². The quantitative estimate of drug-likeness (QED) is 0.880. The number of hydrogen-bond donors (Lipinski definition) is 1. The normalized spacial score (nSPS) is 12.2. The van der Waals surface area contributed by atoms with E-state index in [1.165, 1.54) is 0 Å². The highest BCUT2D eigenvalue weighted by Gasteiger charge is 2.10. The first-order chi connectivity index (χ1) is 8.74. The summed E-state index contributed by atoms with van der Waals surface area (Å²) in [5.41, 5.74) is 2.03. The molecule has 5 nitrogen and oxygen atoms in total. The van der Waals surface area contributed by atoms with E-state index in [4.69, 9.17) is 4.74 Å². The van der Waals surface area contributed by atoms with Gasteiger partial charge in [-0.15, -0.1) is 0 Å². The second kappa shape index (κ2) is 5.53. The predicted molar refractivity (Wildman–Crippen MR) is 70.7 cm³/mol. The molecule has 18 heavy (non-hydrogen) atoms. The third-order valence-electron chi connectivity index (χ3n) is 2.81. The van der Waals surface area contributed by atoms with Gasteiger partial charge in [-0.05, 0) is 26.0 Å². The second-order valence-electron chi connectivity index (χ2n) is 4.06. The first-order valence-corrected chi connectivity index (χ1v) is 6.02. The molecule has 1 atom stereocenters. The summed E-state index contributed by atoms with van der Waals surface area (Å²) in [5, 5.41) is 7.64. The molecule has 0 saturated heterocycles. The molecule has 0 radical (unpaired) electrons. The highest BCUT2D eigenvalue weighted by molar-refractivity contribution is 5.53. The lowest BCUT2D eigenvalue weighted by molar-refractivity contribution is 0.399. The summed E-state index contributed by atoms with van der Waals surface area (Å²) < 4.78 is 7.12. The molecule has 0 aliphatic rings. The van der Waals surface area contributed by atoms with E-state index >= 15 is 0 Å². The zero-order valence-electron chi connectivity index (χ0n) is 10.9. The van der Waals surface area contributed by atoms with Crippen LogP contribution in [0.1, 0.15) is 25.5 Å². The maximum absolute atomic E-state index is 5.21. The maximum atomic E-state index is 5.21.